The highest BCUT2D eigenvalue weighted by molar-refractivity contribution is 6.04. The molecule has 0 radical (unpaired) electrons. The van der Waals surface area contributed by atoms with Crippen molar-refractivity contribution >= 4 is 29.0 Å². The molecule has 0 aliphatic heterocycles. The predicted molar refractivity (Wildman–Crippen MR) is 117 cm³/mol. The van der Waals surface area contributed by atoms with Crippen LogP contribution >= 0.6 is 0 Å². The molecule has 8 nitrogen and oxygen atoms in total. The van der Waals surface area contributed by atoms with Crippen LogP contribution in [0.3, 0.4) is 0 Å². The zero-order valence-electron chi connectivity index (χ0n) is 17.4. The maximum atomic E-state index is 12.4. The molecule has 30 heavy (non-hydrogen) atoms. The summed E-state index contributed by atoms with van der Waals surface area (Å²) in [4.78, 5) is 28.5. The Morgan fingerprint density at radius 3 is 2.40 bits per heavy atom. The topological polar surface area (TPSA) is 130 Å². The normalized spacial score (nSPS) is 12.3. The van der Waals surface area contributed by atoms with E-state index < -0.39 is 5.97 Å². The number of aromatic carboxylic acids is 1. The van der Waals surface area contributed by atoms with Crippen molar-refractivity contribution in [2.45, 2.75) is 40.2 Å². The number of amides is 1. The Labute approximate surface area is 175 Å². The number of rotatable bonds is 9. The lowest BCUT2D eigenvalue weighted by Gasteiger charge is -2.14. The minimum Gasteiger partial charge on any atom is -0.508 e. The number of phenols is 1. The van der Waals surface area contributed by atoms with Crippen molar-refractivity contribution in [3.8, 4) is 5.75 Å². The third kappa shape index (κ3) is 5.97. The van der Waals surface area contributed by atoms with E-state index in [1.54, 1.807) is 35.0 Å². The third-order valence-electron chi connectivity index (χ3n) is 4.55. The molecule has 0 bridgehead atoms. The van der Waals surface area contributed by atoms with Gasteiger partial charge in [0.1, 0.15) is 11.3 Å². The van der Waals surface area contributed by atoms with Crippen molar-refractivity contribution in [3.05, 3.63) is 54.0 Å². The van der Waals surface area contributed by atoms with E-state index in [9.17, 15) is 19.8 Å². The van der Waals surface area contributed by atoms with Crippen molar-refractivity contribution in [1.82, 2.24) is 4.57 Å². The summed E-state index contributed by atoms with van der Waals surface area (Å²) in [5.74, 6) is -1.18. The van der Waals surface area contributed by atoms with Crippen LogP contribution in [0.25, 0.3) is 0 Å². The first kappa shape index (κ1) is 22.7. The Morgan fingerprint density at radius 2 is 1.87 bits per heavy atom. The number of phenolic OH excluding ortho intramolecular Hbond substituents is 1. The lowest BCUT2D eigenvalue weighted by Crippen LogP contribution is -2.17. The highest BCUT2D eigenvalue weighted by Crippen LogP contribution is 2.23. The number of carboxylic acids is 1. The third-order valence-corrected chi connectivity index (χ3v) is 4.55. The van der Waals surface area contributed by atoms with Crippen LogP contribution in [0.15, 0.2) is 53.4 Å². The Balaban J connectivity index is 2.11. The Hall–Kier alpha value is -3.55. The number of aromatic hydroxyl groups is 1. The van der Waals surface area contributed by atoms with Gasteiger partial charge in [-0.25, -0.2) is 4.79 Å². The molecule has 0 atom stereocenters. The van der Waals surface area contributed by atoms with E-state index in [0.29, 0.717) is 18.7 Å². The van der Waals surface area contributed by atoms with Crippen LogP contribution in [0.5, 0.6) is 5.75 Å². The highest BCUT2D eigenvalue weighted by atomic mass is 16.4. The van der Waals surface area contributed by atoms with Gasteiger partial charge >= 0.3 is 5.97 Å². The molecular weight excluding hydrogens is 384 g/mol. The lowest BCUT2D eigenvalue weighted by molar-refractivity contribution is -0.116. The van der Waals surface area contributed by atoms with Crippen molar-refractivity contribution in [2.24, 2.45) is 16.6 Å². The van der Waals surface area contributed by atoms with E-state index in [1.807, 2.05) is 20.8 Å². The number of carbonyl (C=O) groups is 2. The molecule has 0 saturated heterocycles. The maximum Gasteiger partial charge on any atom is 0.339 e. The number of anilines is 1. The van der Waals surface area contributed by atoms with Crippen LogP contribution in [-0.4, -0.2) is 32.4 Å². The smallest absolute Gasteiger partial charge is 0.339 e. The molecular formula is C22H28N4O4. The van der Waals surface area contributed by atoms with Crippen LogP contribution in [0.2, 0.25) is 0 Å². The van der Waals surface area contributed by atoms with Gasteiger partial charge in [0.2, 0.25) is 5.91 Å². The number of hydrogen-bond acceptors (Lipinski definition) is 5. The fraction of sp³-hybridized carbons (Fsp3) is 0.318. The number of benzene rings is 1. The Kier molecular flexibility index (Phi) is 7.80. The quantitative estimate of drug-likeness (QED) is 0.464. The fourth-order valence-electron chi connectivity index (χ4n) is 2.96. The second-order valence-electron chi connectivity index (χ2n) is 7.13. The number of hydrogen-bond donors (Lipinski definition) is 4. The van der Waals surface area contributed by atoms with Gasteiger partial charge in [0, 0.05) is 31.1 Å². The first-order chi connectivity index (χ1) is 14.2. The molecule has 0 unspecified atom stereocenters. The van der Waals surface area contributed by atoms with Gasteiger partial charge in [0.15, 0.2) is 0 Å². The van der Waals surface area contributed by atoms with E-state index in [4.69, 9.17) is 5.73 Å². The van der Waals surface area contributed by atoms with Gasteiger partial charge in [0.25, 0.3) is 0 Å². The summed E-state index contributed by atoms with van der Waals surface area (Å²) in [6.07, 6.45) is 5.02. The van der Waals surface area contributed by atoms with E-state index in [-0.39, 0.29) is 35.2 Å². The summed E-state index contributed by atoms with van der Waals surface area (Å²) < 4.78 is 1.70. The summed E-state index contributed by atoms with van der Waals surface area (Å²) in [5.41, 5.74) is 8.30. The number of aryl methyl sites for hydroxylation is 1. The van der Waals surface area contributed by atoms with Crippen LogP contribution in [0, 0.1) is 5.92 Å². The minimum absolute atomic E-state index is 0.0524. The number of aliphatic imine (C=N–C) groups is 1. The summed E-state index contributed by atoms with van der Waals surface area (Å²) in [5, 5.41) is 21.4. The molecule has 0 spiro atoms. The molecule has 0 aliphatic rings. The molecule has 1 aromatic carbocycles. The second kappa shape index (κ2) is 10.3. The summed E-state index contributed by atoms with van der Waals surface area (Å²) >= 11 is 0. The van der Waals surface area contributed by atoms with E-state index in [1.165, 1.54) is 12.4 Å². The maximum absolute atomic E-state index is 12.4. The van der Waals surface area contributed by atoms with Crippen LogP contribution in [0.1, 0.15) is 44.0 Å². The molecule has 1 amide bonds. The van der Waals surface area contributed by atoms with E-state index in [0.717, 1.165) is 11.3 Å². The fourth-order valence-corrected chi connectivity index (χ4v) is 2.96. The standard InChI is InChI=1S/C22H28N4O4/c1-4-26-12-18(22(29)30)19(13-26)25-20(28)10-5-15(11-23)21(14(2)3)24-16-6-8-17(27)9-7-16/h6-9,11-14,27H,4-5,10,23H2,1-3H3,(H,25,28)(H,29,30). The number of nitrogens with zero attached hydrogens (tertiary/aromatic N) is 2. The molecule has 160 valence electrons. The van der Waals surface area contributed by atoms with Gasteiger partial charge in [-0.15, -0.1) is 0 Å². The summed E-state index contributed by atoms with van der Waals surface area (Å²) in [7, 11) is 0. The van der Waals surface area contributed by atoms with Crippen LogP contribution < -0.4 is 11.1 Å². The van der Waals surface area contributed by atoms with Gasteiger partial charge in [-0.1, -0.05) is 13.8 Å². The zero-order chi connectivity index (χ0) is 22.3. The van der Waals surface area contributed by atoms with Crippen molar-refractivity contribution in [2.75, 3.05) is 5.32 Å². The molecule has 0 saturated carbocycles. The van der Waals surface area contributed by atoms with Gasteiger partial charge < -0.3 is 25.8 Å². The molecule has 1 aromatic heterocycles. The molecule has 5 N–H and O–H groups in total. The van der Waals surface area contributed by atoms with Gasteiger partial charge in [-0.05, 0) is 55.3 Å². The average Bonchev–Trinajstić information content (AvgIpc) is 3.12. The molecule has 8 heteroatoms. The predicted octanol–water partition coefficient (Wildman–Crippen LogP) is 3.90. The summed E-state index contributed by atoms with van der Waals surface area (Å²) in [6.45, 7) is 6.45. The first-order valence-electron chi connectivity index (χ1n) is 9.76. The van der Waals surface area contributed by atoms with Crippen LogP contribution in [0.4, 0.5) is 11.4 Å². The molecule has 2 rings (SSSR count). The number of allylic oxidation sites excluding steroid dienone is 1. The number of aromatic nitrogens is 1. The van der Waals surface area contributed by atoms with Gasteiger partial charge in [-0.3, -0.25) is 9.79 Å². The second-order valence-corrected chi connectivity index (χ2v) is 7.13. The monoisotopic (exact) mass is 412 g/mol. The van der Waals surface area contributed by atoms with Crippen molar-refractivity contribution in [3.63, 3.8) is 0 Å². The Morgan fingerprint density at radius 1 is 1.20 bits per heavy atom. The van der Waals surface area contributed by atoms with Crippen molar-refractivity contribution in [1.29, 1.82) is 0 Å². The van der Waals surface area contributed by atoms with E-state index in [2.05, 4.69) is 10.3 Å². The number of nitrogens with one attached hydrogen (secondary N) is 1. The largest absolute Gasteiger partial charge is 0.508 e. The van der Waals surface area contributed by atoms with E-state index >= 15 is 0 Å². The van der Waals surface area contributed by atoms with Gasteiger partial charge in [0.05, 0.1) is 11.4 Å². The SMILES string of the molecule is CCn1cc(NC(=O)CCC(=CN)C(=Nc2ccc(O)cc2)C(C)C)c(C(=O)O)c1. The minimum atomic E-state index is -1.09. The van der Waals surface area contributed by atoms with Crippen LogP contribution in [-0.2, 0) is 11.3 Å². The number of carbonyl (C=O) groups excluding carboxylic acids is 1. The molecule has 0 aliphatic carbocycles. The Bertz CT molecular complexity index is 956. The average molecular weight is 412 g/mol. The number of carboxylic acid groups (broad SMARTS) is 1. The molecule has 1 heterocycles. The first-order valence-corrected chi connectivity index (χ1v) is 9.76. The van der Waals surface area contributed by atoms with Crippen molar-refractivity contribution < 1.29 is 19.8 Å². The highest BCUT2D eigenvalue weighted by Gasteiger charge is 2.17. The molecule has 0 fully saturated rings. The number of nitrogens with two attached hydrogens (primary N) is 1. The van der Waals surface area contributed by atoms with Gasteiger partial charge in [-0.2, -0.15) is 0 Å². The summed E-state index contributed by atoms with van der Waals surface area (Å²) in [6, 6.07) is 6.51. The lowest BCUT2D eigenvalue weighted by atomic mass is 9.96. The zero-order valence-corrected chi connectivity index (χ0v) is 17.4. The molecule has 2 aromatic rings.